The molecule has 8 heteroatoms. The number of hydrogen-bond donors (Lipinski definition) is 2. The topological polar surface area (TPSA) is 91.0 Å². The summed E-state index contributed by atoms with van der Waals surface area (Å²) in [5, 5.41) is 5.49. The second kappa shape index (κ2) is 13.2. The van der Waals surface area contributed by atoms with Gasteiger partial charge < -0.3 is 25.2 Å². The number of carbonyl (C=O) groups excluding carboxylic acids is 3. The molecule has 1 heterocycles. The van der Waals surface area contributed by atoms with Crippen LogP contribution >= 0.6 is 0 Å². The first-order valence-electron chi connectivity index (χ1n) is 12.5. The average Bonchev–Trinajstić information content (AvgIpc) is 2.81. The van der Waals surface area contributed by atoms with Gasteiger partial charge in [0.15, 0.2) is 0 Å². The zero-order valence-electron chi connectivity index (χ0n) is 21.5. The van der Waals surface area contributed by atoms with E-state index in [-0.39, 0.29) is 24.3 Å². The standard InChI is InChI=1S/C26H42N4O4/c1-6-8-17-29(7-2)22-13-11-20(12-14-22)24(32)30-18-9-10-21(19-30)23(31)27-15-16-28-25(33)34-26(3,4)5/h11-14,21H,6-10,15-19H2,1-5H3,(H,27,31)(H,28,33). The Kier molecular flexibility index (Phi) is 10.7. The Morgan fingerprint density at radius 3 is 2.38 bits per heavy atom. The van der Waals surface area contributed by atoms with Crippen molar-refractivity contribution in [3.8, 4) is 0 Å². The predicted octanol–water partition coefficient (Wildman–Crippen LogP) is 3.81. The van der Waals surface area contributed by atoms with Crippen LogP contribution in [-0.2, 0) is 9.53 Å². The fourth-order valence-corrected chi connectivity index (χ4v) is 4.00. The first-order valence-corrected chi connectivity index (χ1v) is 12.5. The molecule has 1 aromatic rings. The number of nitrogens with zero attached hydrogens (tertiary/aromatic N) is 2. The number of piperidine rings is 1. The maximum atomic E-state index is 13.1. The average molecular weight is 475 g/mol. The molecular weight excluding hydrogens is 432 g/mol. The Morgan fingerprint density at radius 2 is 1.76 bits per heavy atom. The number of carbonyl (C=O) groups is 3. The monoisotopic (exact) mass is 474 g/mol. The van der Waals surface area contributed by atoms with Gasteiger partial charge in [0.05, 0.1) is 5.92 Å². The lowest BCUT2D eigenvalue weighted by Crippen LogP contribution is -2.46. The number of rotatable bonds is 10. The third-order valence-corrected chi connectivity index (χ3v) is 5.81. The zero-order chi connectivity index (χ0) is 25.1. The molecule has 1 atom stereocenters. The molecule has 0 spiro atoms. The molecule has 190 valence electrons. The van der Waals surface area contributed by atoms with Crippen molar-refractivity contribution in [2.45, 2.75) is 65.9 Å². The number of nitrogens with one attached hydrogen (secondary N) is 2. The first kappa shape index (κ1) is 27.5. The number of unbranched alkanes of at least 4 members (excludes halogenated alkanes) is 1. The Balaban J connectivity index is 1.83. The molecule has 2 rings (SSSR count). The van der Waals surface area contributed by atoms with Crippen molar-refractivity contribution in [2.24, 2.45) is 5.92 Å². The van der Waals surface area contributed by atoms with Crippen LogP contribution in [-0.4, -0.2) is 67.7 Å². The smallest absolute Gasteiger partial charge is 0.407 e. The third-order valence-electron chi connectivity index (χ3n) is 5.81. The summed E-state index contributed by atoms with van der Waals surface area (Å²) < 4.78 is 5.18. The van der Waals surface area contributed by atoms with Gasteiger partial charge in [-0.15, -0.1) is 0 Å². The highest BCUT2D eigenvalue weighted by Crippen LogP contribution is 2.21. The van der Waals surface area contributed by atoms with E-state index in [4.69, 9.17) is 4.74 Å². The summed E-state index contributed by atoms with van der Waals surface area (Å²) in [6, 6.07) is 7.80. The van der Waals surface area contributed by atoms with Gasteiger partial charge >= 0.3 is 6.09 Å². The fourth-order valence-electron chi connectivity index (χ4n) is 4.00. The molecule has 0 radical (unpaired) electrons. The lowest BCUT2D eigenvalue weighted by atomic mass is 9.96. The van der Waals surface area contributed by atoms with E-state index in [0.717, 1.165) is 44.5 Å². The lowest BCUT2D eigenvalue weighted by molar-refractivity contribution is -0.126. The molecule has 8 nitrogen and oxygen atoms in total. The van der Waals surface area contributed by atoms with Crippen LogP contribution in [0.3, 0.4) is 0 Å². The highest BCUT2D eigenvalue weighted by atomic mass is 16.6. The van der Waals surface area contributed by atoms with Crippen LogP contribution in [0.4, 0.5) is 10.5 Å². The Labute approximate surface area is 204 Å². The minimum absolute atomic E-state index is 0.0350. The maximum absolute atomic E-state index is 13.1. The molecule has 34 heavy (non-hydrogen) atoms. The van der Waals surface area contributed by atoms with Crippen LogP contribution in [0.1, 0.15) is 70.7 Å². The minimum Gasteiger partial charge on any atom is -0.444 e. The van der Waals surface area contributed by atoms with Crippen LogP contribution in [0.15, 0.2) is 24.3 Å². The molecule has 1 aromatic carbocycles. The van der Waals surface area contributed by atoms with Crippen LogP contribution in [0.5, 0.6) is 0 Å². The first-order chi connectivity index (χ1) is 16.1. The third kappa shape index (κ3) is 8.88. The Hall–Kier alpha value is -2.77. The van der Waals surface area contributed by atoms with Gasteiger partial charge in [-0.1, -0.05) is 13.3 Å². The quantitative estimate of drug-likeness (QED) is 0.503. The van der Waals surface area contributed by atoms with Crippen molar-refractivity contribution >= 4 is 23.6 Å². The van der Waals surface area contributed by atoms with E-state index in [1.54, 1.807) is 25.7 Å². The molecular formula is C26H42N4O4. The van der Waals surface area contributed by atoms with E-state index in [1.165, 1.54) is 0 Å². The van der Waals surface area contributed by atoms with E-state index in [0.29, 0.717) is 25.2 Å². The van der Waals surface area contributed by atoms with Crippen LogP contribution in [0.25, 0.3) is 0 Å². The maximum Gasteiger partial charge on any atom is 0.407 e. The number of likely N-dealkylation sites (tertiary alicyclic amines) is 1. The summed E-state index contributed by atoms with van der Waals surface area (Å²) in [5.41, 5.74) is 1.22. The summed E-state index contributed by atoms with van der Waals surface area (Å²) >= 11 is 0. The van der Waals surface area contributed by atoms with Crippen LogP contribution in [0.2, 0.25) is 0 Å². The fraction of sp³-hybridized carbons (Fsp3) is 0.654. The van der Waals surface area contributed by atoms with Gasteiger partial charge in [0, 0.05) is 50.5 Å². The molecule has 3 amide bonds. The molecule has 0 aromatic heterocycles. The number of anilines is 1. The second-order valence-corrected chi connectivity index (χ2v) is 9.79. The number of hydrogen-bond acceptors (Lipinski definition) is 5. The number of amides is 3. The van der Waals surface area contributed by atoms with Crippen molar-refractivity contribution in [1.29, 1.82) is 0 Å². The molecule has 1 aliphatic rings. The van der Waals surface area contributed by atoms with E-state index in [2.05, 4.69) is 29.4 Å². The second-order valence-electron chi connectivity index (χ2n) is 9.79. The van der Waals surface area contributed by atoms with E-state index < -0.39 is 11.7 Å². The summed E-state index contributed by atoms with van der Waals surface area (Å²) in [6.07, 6.45) is 3.32. The molecule has 1 aliphatic heterocycles. The van der Waals surface area contributed by atoms with Crippen LogP contribution < -0.4 is 15.5 Å². The van der Waals surface area contributed by atoms with Crippen LogP contribution in [0, 0.1) is 5.92 Å². The molecule has 0 saturated carbocycles. The molecule has 1 fully saturated rings. The van der Waals surface area contributed by atoms with Crippen molar-refractivity contribution in [3.63, 3.8) is 0 Å². The molecule has 0 bridgehead atoms. The lowest BCUT2D eigenvalue weighted by Gasteiger charge is -2.32. The highest BCUT2D eigenvalue weighted by molar-refractivity contribution is 5.95. The predicted molar refractivity (Wildman–Crippen MR) is 135 cm³/mol. The van der Waals surface area contributed by atoms with Gasteiger partial charge in [-0.2, -0.15) is 0 Å². The van der Waals surface area contributed by atoms with E-state index in [9.17, 15) is 14.4 Å². The van der Waals surface area contributed by atoms with Gasteiger partial charge in [-0.05, 0) is 71.2 Å². The molecule has 2 N–H and O–H groups in total. The van der Waals surface area contributed by atoms with Crippen molar-refractivity contribution in [2.75, 3.05) is 44.2 Å². The van der Waals surface area contributed by atoms with Gasteiger partial charge in [0.1, 0.15) is 5.60 Å². The van der Waals surface area contributed by atoms with Gasteiger partial charge in [0.2, 0.25) is 5.91 Å². The van der Waals surface area contributed by atoms with Crippen molar-refractivity contribution in [3.05, 3.63) is 29.8 Å². The normalized spacial score (nSPS) is 16.0. The SMILES string of the molecule is CCCCN(CC)c1ccc(C(=O)N2CCCC(C(=O)NCCNC(=O)OC(C)(C)C)C2)cc1. The summed E-state index contributed by atoms with van der Waals surface area (Å²) in [4.78, 5) is 41.5. The van der Waals surface area contributed by atoms with Crippen molar-refractivity contribution in [1.82, 2.24) is 15.5 Å². The molecule has 0 aliphatic carbocycles. The Bertz CT molecular complexity index is 804. The largest absolute Gasteiger partial charge is 0.444 e. The zero-order valence-corrected chi connectivity index (χ0v) is 21.5. The van der Waals surface area contributed by atoms with Crippen molar-refractivity contribution < 1.29 is 19.1 Å². The van der Waals surface area contributed by atoms with Gasteiger partial charge in [-0.3, -0.25) is 9.59 Å². The van der Waals surface area contributed by atoms with Gasteiger partial charge in [-0.25, -0.2) is 4.79 Å². The number of ether oxygens (including phenoxy) is 1. The minimum atomic E-state index is -0.559. The summed E-state index contributed by atoms with van der Waals surface area (Å²) in [7, 11) is 0. The summed E-state index contributed by atoms with van der Waals surface area (Å²) in [5.74, 6) is -0.372. The number of benzene rings is 1. The molecule has 1 unspecified atom stereocenters. The number of alkyl carbamates (subject to hydrolysis) is 1. The highest BCUT2D eigenvalue weighted by Gasteiger charge is 2.29. The Morgan fingerprint density at radius 1 is 1.09 bits per heavy atom. The van der Waals surface area contributed by atoms with E-state index in [1.807, 2.05) is 24.3 Å². The van der Waals surface area contributed by atoms with Gasteiger partial charge in [0.25, 0.3) is 5.91 Å². The molecule has 1 saturated heterocycles. The van der Waals surface area contributed by atoms with E-state index >= 15 is 0 Å². The summed E-state index contributed by atoms with van der Waals surface area (Å²) in [6.45, 7) is 13.3.